The normalized spacial score (nSPS) is 19.8. The van der Waals surface area contributed by atoms with Crippen molar-refractivity contribution >= 4 is 41.8 Å². The molecule has 0 saturated carbocycles. The molecule has 1 unspecified atom stereocenters. The van der Waals surface area contributed by atoms with Crippen LogP contribution in [0.1, 0.15) is 22.3 Å². The zero-order valence-corrected chi connectivity index (χ0v) is 19.6. The molecule has 30 heavy (non-hydrogen) atoms. The highest BCUT2D eigenvalue weighted by atomic mass is 127. The number of aliphatic imine (C=N–C) groups is 1. The maximum atomic E-state index is 11.9. The van der Waals surface area contributed by atoms with Crippen LogP contribution in [0.5, 0.6) is 0 Å². The molecule has 0 aromatic heterocycles. The molecule has 2 aliphatic rings. The Hall–Kier alpha value is -1.92. The number of amides is 2. The minimum atomic E-state index is -0.566. The fourth-order valence-electron chi connectivity index (χ4n) is 3.73. The molecule has 0 spiro atoms. The first-order chi connectivity index (χ1) is 14.1. The molecule has 4 N–H and O–H groups in total. The lowest BCUT2D eigenvalue weighted by Crippen LogP contribution is -2.46. The minimum absolute atomic E-state index is 0. The Kier molecular flexibility index (Phi) is 9.79. The number of carbonyl (C=O) groups excluding carboxylic acids is 2. The fraction of sp³-hybridized carbons (Fsp3) is 0.550. The van der Waals surface area contributed by atoms with Gasteiger partial charge in [-0.25, -0.2) is 0 Å². The van der Waals surface area contributed by atoms with Crippen molar-refractivity contribution < 1.29 is 14.3 Å². The van der Waals surface area contributed by atoms with Crippen molar-refractivity contribution in [3.8, 4) is 0 Å². The summed E-state index contributed by atoms with van der Waals surface area (Å²) in [5.41, 5.74) is 6.58. The van der Waals surface area contributed by atoms with E-state index in [4.69, 9.17) is 10.5 Å². The Morgan fingerprint density at radius 3 is 2.50 bits per heavy atom. The SMILES string of the molecule is CN=C(NCc1ccc(C(=O)NCC(N)=O)cc1)N1CCC(N2CCOCC2)C1.I. The number of morpholine rings is 1. The second kappa shape index (κ2) is 12.1. The van der Waals surface area contributed by atoms with E-state index in [-0.39, 0.29) is 36.4 Å². The average Bonchev–Trinajstić information content (AvgIpc) is 3.23. The molecule has 2 amide bonds. The summed E-state index contributed by atoms with van der Waals surface area (Å²) >= 11 is 0. The van der Waals surface area contributed by atoms with Crippen molar-refractivity contribution in [2.24, 2.45) is 10.7 Å². The molecule has 2 aliphatic heterocycles. The van der Waals surface area contributed by atoms with Crippen LogP contribution in [0.3, 0.4) is 0 Å². The van der Waals surface area contributed by atoms with Crippen molar-refractivity contribution in [2.75, 3.05) is 53.0 Å². The summed E-state index contributed by atoms with van der Waals surface area (Å²) in [7, 11) is 1.80. The maximum Gasteiger partial charge on any atom is 0.251 e. The summed E-state index contributed by atoms with van der Waals surface area (Å²) in [6.07, 6.45) is 1.13. The number of likely N-dealkylation sites (tertiary alicyclic amines) is 1. The summed E-state index contributed by atoms with van der Waals surface area (Å²) in [5, 5.41) is 5.89. The Morgan fingerprint density at radius 1 is 1.17 bits per heavy atom. The predicted molar refractivity (Wildman–Crippen MR) is 126 cm³/mol. The van der Waals surface area contributed by atoms with E-state index in [1.54, 1.807) is 19.2 Å². The number of rotatable bonds is 6. The van der Waals surface area contributed by atoms with Crippen LogP contribution in [0.25, 0.3) is 0 Å². The highest BCUT2D eigenvalue weighted by Gasteiger charge is 2.30. The molecule has 2 saturated heterocycles. The van der Waals surface area contributed by atoms with E-state index in [9.17, 15) is 9.59 Å². The minimum Gasteiger partial charge on any atom is -0.379 e. The van der Waals surface area contributed by atoms with Crippen LogP contribution in [0.4, 0.5) is 0 Å². The largest absolute Gasteiger partial charge is 0.379 e. The quantitative estimate of drug-likeness (QED) is 0.271. The van der Waals surface area contributed by atoms with Gasteiger partial charge in [-0.3, -0.25) is 19.5 Å². The van der Waals surface area contributed by atoms with Crippen LogP contribution in [0.2, 0.25) is 0 Å². The molecule has 0 aliphatic carbocycles. The number of nitrogens with two attached hydrogens (primary N) is 1. The molecule has 0 bridgehead atoms. The molecule has 1 atom stereocenters. The van der Waals surface area contributed by atoms with E-state index in [1.165, 1.54) is 0 Å². The molecule has 166 valence electrons. The van der Waals surface area contributed by atoms with Gasteiger partial charge in [0.25, 0.3) is 5.91 Å². The fourth-order valence-corrected chi connectivity index (χ4v) is 3.73. The van der Waals surface area contributed by atoms with Crippen LogP contribution < -0.4 is 16.4 Å². The van der Waals surface area contributed by atoms with Gasteiger partial charge >= 0.3 is 0 Å². The van der Waals surface area contributed by atoms with Gasteiger partial charge in [0.05, 0.1) is 19.8 Å². The first-order valence-electron chi connectivity index (χ1n) is 9.99. The number of guanidine groups is 1. The highest BCUT2D eigenvalue weighted by molar-refractivity contribution is 14.0. The number of halogens is 1. The van der Waals surface area contributed by atoms with Gasteiger partial charge in [0.15, 0.2) is 5.96 Å². The number of nitrogens with zero attached hydrogens (tertiary/aromatic N) is 3. The van der Waals surface area contributed by atoms with Crippen molar-refractivity contribution in [3.05, 3.63) is 35.4 Å². The number of ether oxygens (including phenoxy) is 1. The van der Waals surface area contributed by atoms with Gasteiger partial charge in [-0.15, -0.1) is 24.0 Å². The summed E-state index contributed by atoms with van der Waals surface area (Å²) in [6.45, 7) is 6.06. The summed E-state index contributed by atoms with van der Waals surface area (Å²) < 4.78 is 5.45. The van der Waals surface area contributed by atoms with Crippen LogP contribution in [0, 0.1) is 0 Å². The van der Waals surface area contributed by atoms with E-state index < -0.39 is 5.91 Å². The first-order valence-corrected chi connectivity index (χ1v) is 9.99. The van der Waals surface area contributed by atoms with Gasteiger partial charge < -0.3 is 26.0 Å². The van der Waals surface area contributed by atoms with Crippen LogP contribution in [-0.4, -0.2) is 86.6 Å². The lowest BCUT2D eigenvalue weighted by atomic mass is 10.1. The molecule has 3 rings (SSSR count). The maximum absolute atomic E-state index is 11.9. The number of benzene rings is 1. The van der Waals surface area contributed by atoms with Crippen molar-refractivity contribution in [1.82, 2.24) is 20.4 Å². The van der Waals surface area contributed by atoms with Crippen LogP contribution in [0.15, 0.2) is 29.3 Å². The number of primary amides is 1. The third kappa shape index (κ3) is 6.81. The number of hydrogen-bond donors (Lipinski definition) is 3. The van der Waals surface area contributed by atoms with E-state index in [0.29, 0.717) is 18.2 Å². The molecule has 1 aromatic rings. The second-order valence-corrected chi connectivity index (χ2v) is 7.28. The van der Waals surface area contributed by atoms with Crippen molar-refractivity contribution in [2.45, 2.75) is 19.0 Å². The lowest BCUT2D eigenvalue weighted by Gasteiger charge is -2.32. The van der Waals surface area contributed by atoms with E-state index in [2.05, 4.69) is 25.4 Å². The zero-order chi connectivity index (χ0) is 20.6. The molecule has 2 heterocycles. The van der Waals surface area contributed by atoms with Gasteiger partial charge in [-0.05, 0) is 24.1 Å². The van der Waals surface area contributed by atoms with Crippen LogP contribution in [-0.2, 0) is 16.1 Å². The Morgan fingerprint density at radius 2 is 1.87 bits per heavy atom. The van der Waals surface area contributed by atoms with E-state index >= 15 is 0 Å². The molecular weight excluding hydrogens is 499 g/mol. The van der Waals surface area contributed by atoms with E-state index in [1.807, 2.05) is 12.1 Å². The summed E-state index contributed by atoms with van der Waals surface area (Å²) in [5.74, 6) is 0.0118. The highest BCUT2D eigenvalue weighted by Crippen LogP contribution is 2.17. The van der Waals surface area contributed by atoms with Crippen molar-refractivity contribution in [1.29, 1.82) is 0 Å². The zero-order valence-electron chi connectivity index (χ0n) is 17.3. The molecular formula is C20H31IN6O3. The number of carbonyl (C=O) groups is 2. The van der Waals surface area contributed by atoms with Gasteiger partial charge in [0, 0.05) is 51.4 Å². The number of hydrogen-bond acceptors (Lipinski definition) is 5. The molecule has 1 aromatic carbocycles. The lowest BCUT2D eigenvalue weighted by molar-refractivity contribution is -0.117. The van der Waals surface area contributed by atoms with Gasteiger partial charge in [0.2, 0.25) is 5.91 Å². The molecule has 2 fully saturated rings. The van der Waals surface area contributed by atoms with Gasteiger partial charge in [-0.1, -0.05) is 12.1 Å². The smallest absolute Gasteiger partial charge is 0.251 e. The monoisotopic (exact) mass is 530 g/mol. The number of nitrogens with one attached hydrogen (secondary N) is 2. The predicted octanol–water partition coefficient (Wildman–Crippen LogP) is 0.00160. The van der Waals surface area contributed by atoms with Crippen LogP contribution >= 0.6 is 24.0 Å². The Balaban J connectivity index is 0.00000320. The standard InChI is InChI=1S/C20H30N6O3.HI/c1-22-20(26-7-6-17(14-26)25-8-10-29-11-9-25)24-12-15-2-4-16(5-3-15)19(28)23-13-18(21)27;/h2-5,17H,6-14H2,1H3,(H2,21,27)(H,22,24)(H,23,28);1H. The summed E-state index contributed by atoms with van der Waals surface area (Å²) in [6, 6.07) is 7.80. The first kappa shape index (κ1) is 24.4. The molecule has 10 heteroatoms. The molecule has 9 nitrogen and oxygen atoms in total. The van der Waals surface area contributed by atoms with Gasteiger partial charge in [-0.2, -0.15) is 0 Å². The Bertz CT molecular complexity index is 737. The third-order valence-corrected chi connectivity index (χ3v) is 5.33. The summed E-state index contributed by atoms with van der Waals surface area (Å²) in [4.78, 5) is 31.9. The molecule has 0 radical (unpaired) electrons. The van der Waals surface area contributed by atoms with E-state index in [0.717, 1.165) is 57.3 Å². The van der Waals surface area contributed by atoms with Gasteiger partial charge in [0.1, 0.15) is 0 Å². The Labute approximate surface area is 194 Å². The average molecular weight is 530 g/mol. The topological polar surface area (TPSA) is 112 Å². The second-order valence-electron chi connectivity index (χ2n) is 7.28. The third-order valence-electron chi connectivity index (χ3n) is 5.33. The van der Waals surface area contributed by atoms with Crippen molar-refractivity contribution in [3.63, 3.8) is 0 Å².